The molecule has 0 aliphatic heterocycles. The number of amides is 1. The summed E-state index contributed by atoms with van der Waals surface area (Å²) < 4.78 is 9.64. The molecule has 0 heterocycles. The van der Waals surface area contributed by atoms with Gasteiger partial charge in [0.25, 0.3) is 0 Å². The van der Waals surface area contributed by atoms with Gasteiger partial charge in [0.2, 0.25) is 0 Å². The summed E-state index contributed by atoms with van der Waals surface area (Å²) in [7, 11) is 1.27. The highest BCUT2D eigenvalue weighted by molar-refractivity contribution is 5.80. The van der Waals surface area contributed by atoms with Crippen LogP contribution in [0.25, 0.3) is 0 Å². The second-order valence-electron chi connectivity index (χ2n) is 4.31. The van der Waals surface area contributed by atoms with Gasteiger partial charge in [-0.15, -0.1) is 0 Å². The maximum absolute atomic E-state index is 11.8. The molecular weight excluding hydrogens is 278 g/mol. The number of hydrogen-bond donors (Lipinski definition) is 1. The number of carbonyl (C=O) groups excluding carboxylic acids is 2. The molecule has 1 atom stereocenters. The molecule has 0 aliphatic carbocycles. The summed E-state index contributed by atoms with van der Waals surface area (Å²) in [4.78, 5) is 34.5. The van der Waals surface area contributed by atoms with Crippen molar-refractivity contribution in [1.82, 2.24) is 4.90 Å². The van der Waals surface area contributed by atoms with Gasteiger partial charge in [0, 0.05) is 14.0 Å². The zero-order valence-electron chi connectivity index (χ0n) is 11.8. The summed E-state index contributed by atoms with van der Waals surface area (Å²) in [6, 6.07) is 7.69. The van der Waals surface area contributed by atoms with E-state index in [-0.39, 0.29) is 6.61 Å². The first kappa shape index (κ1) is 16.5. The molecule has 0 unspecified atom stereocenters. The number of carboxylic acid groups (broad SMARTS) is 1. The van der Waals surface area contributed by atoms with Gasteiger partial charge in [-0.25, -0.2) is 9.59 Å². The van der Waals surface area contributed by atoms with E-state index >= 15 is 0 Å². The standard InChI is InChI=1S/C14H17NO6/c1-10(16)20-9-12(13(17)18)15(2)14(19)21-8-11-6-4-3-5-7-11/h3-7,12H,8-9H2,1-2H3,(H,17,18)/t12-/m0/s1. The maximum atomic E-state index is 11.8. The zero-order valence-corrected chi connectivity index (χ0v) is 11.8. The van der Waals surface area contributed by atoms with Crippen LogP contribution in [-0.2, 0) is 25.7 Å². The lowest BCUT2D eigenvalue weighted by Gasteiger charge is -2.23. The topological polar surface area (TPSA) is 93.1 Å². The first-order chi connectivity index (χ1) is 9.91. The predicted octanol–water partition coefficient (Wildman–Crippen LogP) is 1.27. The largest absolute Gasteiger partial charge is 0.480 e. The van der Waals surface area contributed by atoms with Gasteiger partial charge in [-0.2, -0.15) is 0 Å². The van der Waals surface area contributed by atoms with Crippen molar-refractivity contribution in [2.24, 2.45) is 0 Å². The molecule has 1 amide bonds. The SMILES string of the molecule is CC(=O)OC[C@@H](C(=O)O)N(C)C(=O)OCc1ccccc1. The number of rotatable bonds is 6. The van der Waals surface area contributed by atoms with Crippen LogP contribution in [0, 0.1) is 0 Å². The molecule has 0 bridgehead atoms. The van der Waals surface area contributed by atoms with Crippen LogP contribution in [0.5, 0.6) is 0 Å². The number of benzene rings is 1. The molecule has 0 aliphatic rings. The van der Waals surface area contributed by atoms with Gasteiger partial charge in [0.05, 0.1) is 0 Å². The maximum Gasteiger partial charge on any atom is 0.410 e. The van der Waals surface area contributed by atoms with Crippen LogP contribution in [-0.4, -0.2) is 47.7 Å². The van der Waals surface area contributed by atoms with Gasteiger partial charge in [-0.3, -0.25) is 9.69 Å². The summed E-state index contributed by atoms with van der Waals surface area (Å²) in [5, 5.41) is 9.05. The van der Waals surface area contributed by atoms with E-state index < -0.39 is 30.7 Å². The Hall–Kier alpha value is -2.57. The Balaban J connectivity index is 2.57. The Morgan fingerprint density at radius 1 is 1.19 bits per heavy atom. The van der Waals surface area contributed by atoms with E-state index in [1.165, 1.54) is 7.05 Å². The normalized spacial score (nSPS) is 11.3. The molecule has 21 heavy (non-hydrogen) atoms. The van der Waals surface area contributed by atoms with Gasteiger partial charge in [0.15, 0.2) is 6.04 Å². The molecule has 1 aromatic carbocycles. The van der Waals surface area contributed by atoms with Gasteiger partial charge in [0.1, 0.15) is 13.2 Å². The van der Waals surface area contributed by atoms with Crippen LogP contribution in [0.1, 0.15) is 12.5 Å². The first-order valence-electron chi connectivity index (χ1n) is 6.21. The Morgan fingerprint density at radius 3 is 2.33 bits per heavy atom. The Kier molecular flexibility index (Phi) is 6.19. The number of carboxylic acids is 1. The van der Waals surface area contributed by atoms with Crippen molar-refractivity contribution in [3.05, 3.63) is 35.9 Å². The van der Waals surface area contributed by atoms with Crippen molar-refractivity contribution in [2.75, 3.05) is 13.7 Å². The van der Waals surface area contributed by atoms with Gasteiger partial charge in [-0.05, 0) is 5.56 Å². The molecule has 0 saturated heterocycles. The number of carbonyl (C=O) groups is 3. The van der Waals surface area contributed by atoms with Crippen molar-refractivity contribution in [3.63, 3.8) is 0 Å². The lowest BCUT2D eigenvalue weighted by Crippen LogP contribution is -2.45. The van der Waals surface area contributed by atoms with E-state index in [4.69, 9.17) is 9.84 Å². The Labute approximate surface area is 122 Å². The van der Waals surface area contributed by atoms with Crippen molar-refractivity contribution >= 4 is 18.0 Å². The number of likely N-dealkylation sites (N-methyl/N-ethyl adjacent to an activating group) is 1. The fourth-order valence-electron chi connectivity index (χ4n) is 1.49. The minimum Gasteiger partial charge on any atom is -0.480 e. The average molecular weight is 295 g/mol. The van der Waals surface area contributed by atoms with Gasteiger partial charge in [-0.1, -0.05) is 30.3 Å². The van der Waals surface area contributed by atoms with Crippen LogP contribution >= 0.6 is 0 Å². The summed E-state index contributed by atoms with van der Waals surface area (Å²) in [6.07, 6.45) is -0.807. The molecule has 7 heteroatoms. The van der Waals surface area contributed by atoms with Crippen LogP contribution in [0.3, 0.4) is 0 Å². The predicted molar refractivity (Wildman–Crippen MR) is 72.4 cm³/mol. The fraction of sp³-hybridized carbons (Fsp3) is 0.357. The molecule has 0 radical (unpaired) electrons. The molecule has 0 spiro atoms. The second-order valence-corrected chi connectivity index (χ2v) is 4.31. The summed E-state index contributed by atoms with van der Waals surface area (Å²) in [6.45, 7) is 0.762. The quantitative estimate of drug-likeness (QED) is 0.794. The number of ether oxygens (including phenoxy) is 2. The molecule has 1 aromatic rings. The monoisotopic (exact) mass is 295 g/mol. The van der Waals surface area contributed by atoms with Crippen molar-refractivity contribution in [3.8, 4) is 0 Å². The van der Waals surface area contributed by atoms with Crippen LogP contribution < -0.4 is 0 Å². The Bertz CT molecular complexity index is 501. The van der Waals surface area contributed by atoms with E-state index in [2.05, 4.69) is 4.74 Å². The van der Waals surface area contributed by atoms with Crippen LogP contribution in [0.15, 0.2) is 30.3 Å². The summed E-state index contributed by atoms with van der Waals surface area (Å²) >= 11 is 0. The van der Waals surface area contributed by atoms with E-state index in [9.17, 15) is 14.4 Å². The number of hydrogen-bond acceptors (Lipinski definition) is 5. The molecule has 1 rings (SSSR count). The smallest absolute Gasteiger partial charge is 0.410 e. The third kappa shape index (κ3) is 5.52. The van der Waals surface area contributed by atoms with Gasteiger partial charge >= 0.3 is 18.0 Å². The van der Waals surface area contributed by atoms with E-state index in [1.807, 2.05) is 6.07 Å². The highest BCUT2D eigenvalue weighted by Gasteiger charge is 2.28. The van der Waals surface area contributed by atoms with Crippen LogP contribution in [0.4, 0.5) is 4.79 Å². The fourth-order valence-corrected chi connectivity index (χ4v) is 1.49. The third-order valence-electron chi connectivity index (χ3n) is 2.69. The first-order valence-corrected chi connectivity index (χ1v) is 6.21. The minimum atomic E-state index is -1.29. The summed E-state index contributed by atoms with van der Waals surface area (Å²) in [5.74, 6) is -1.90. The van der Waals surface area contributed by atoms with Crippen molar-refractivity contribution in [1.29, 1.82) is 0 Å². The molecule has 114 valence electrons. The third-order valence-corrected chi connectivity index (χ3v) is 2.69. The van der Waals surface area contributed by atoms with Gasteiger partial charge < -0.3 is 14.6 Å². The highest BCUT2D eigenvalue weighted by Crippen LogP contribution is 2.06. The molecule has 0 fully saturated rings. The molecule has 7 nitrogen and oxygen atoms in total. The van der Waals surface area contributed by atoms with E-state index in [0.717, 1.165) is 17.4 Å². The number of esters is 1. The lowest BCUT2D eigenvalue weighted by atomic mass is 10.2. The van der Waals surface area contributed by atoms with Crippen molar-refractivity contribution in [2.45, 2.75) is 19.6 Å². The summed E-state index contributed by atoms with van der Waals surface area (Å²) in [5.41, 5.74) is 0.783. The second kappa shape index (κ2) is 7.88. The molecular formula is C14H17NO6. The van der Waals surface area contributed by atoms with E-state index in [1.54, 1.807) is 24.3 Å². The average Bonchev–Trinajstić information content (AvgIpc) is 2.45. The minimum absolute atomic E-state index is 0.0317. The molecule has 0 saturated carbocycles. The zero-order chi connectivity index (χ0) is 15.8. The number of aliphatic carboxylic acids is 1. The number of nitrogens with zero attached hydrogens (tertiary/aromatic N) is 1. The van der Waals surface area contributed by atoms with Crippen LogP contribution in [0.2, 0.25) is 0 Å². The molecule has 1 N–H and O–H groups in total. The highest BCUT2D eigenvalue weighted by atomic mass is 16.6. The van der Waals surface area contributed by atoms with E-state index in [0.29, 0.717) is 0 Å². The lowest BCUT2D eigenvalue weighted by molar-refractivity contribution is -0.150. The molecule has 0 aromatic heterocycles. The Morgan fingerprint density at radius 2 is 1.81 bits per heavy atom. The van der Waals surface area contributed by atoms with Crippen molar-refractivity contribution < 1.29 is 29.0 Å².